The van der Waals surface area contributed by atoms with Crippen molar-refractivity contribution < 1.29 is 9.53 Å². The van der Waals surface area contributed by atoms with Gasteiger partial charge in [-0.3, -0.25) is 4.79 Å². The number of amides is 1. The van der Waals surface area contributed by atoms with Crippen LogP contribution in [0.15, 0.2) is 12.3 Å². The number of anilines is 1. The highest BCUT2D eigenvalue weighted by Crippen LogP contribution is 2.10. The van der Waals surface area contributed by atoms with Gasteiger partial charge in [0.25, 0.3) is 0 Å². The van der Waals surface area contributed by atoms with E-state index in [1.165, 1.54) is 0 Å². The average Bonchev–Trinajstić information content (AvgIpc) is 2.46. The summed E-state index contributed by atoms with van der Waals surface area (Å²) in [6.45, 7) is 9.77. The maximum absolute atomic E-state index is 12.1. The van der Waals surface area contributed by atoms with Gasteiger partial charge in [0.05, 0.1) is 6.61 Å². The first-order valence-corrected chi connectivity index (χ1v) is 7.13. The van der Waals surface area contributed by atoms with Crippen LogP contribution in [-0.2, 0) is 4.79 Å². The smallest absolute Gasteiger partial charge is 0.244 e. The van der Waals surface area contributed by atoms with Gasteiger partial charge in [-0.25, -0.2) is 4.98 Å². The fourth-order valence-electron chi connectivity index (χ4n) is 1.76. The quantitative estimate of drug-likeness (QED) is 0.788. The van der Waals surface area contributed by atoms with Crippen LogP contribution in [0.5, 0.6) is 5.88 Å². The Morgan fingerprint density at radius 2 is 2.10 bits per heavy atom. The van der Waals surface area contributed by atoms with Crippen LogP contribution in [0, 0.1) is 0 Å². The van der Waals surface area contributed by atoms with Crippen LogP contribution in [0.25, 0.3) is 0 Å². The molecular weight excluding hydrogens is 256 g/mol. The summed E-state index contributed by atoms with van der Waals surface area (Å²) in [4.78, 5) is 22.3. The molecule has 6 nitrogen and oxygen atoms in total. The number of hydrogen-bond acceptors (Lipinski definition) is 5. The summed E-state index contributed by atoms with van der Waals surface area (Å²) in [5.41, 5.74) is 0. The Morgan fingerprint density at radius 1 is 1.40 bits per heavy atom. The Kier molecular flexibility index (Phi) is 6.76. The van der Waals surface area contributed by atoms with E-state index >= 15 is 0 Å². The maximum Gasteiger partial charge on any atom is 0.244 e. The Morgan fingerprint density at radius 3 is 2.70 bits per heavy atom. The third-order valence-electron chi connectivity index (χ3n) is 2.88. The van der Waals surface area contributed by atoms with Crippen molar-refractivity contribution in [3.63, 3.8) is 0 Å². The molecule has 0 spiro atoms. The Labute approximate surface area is 120 Å². The number of nitrogens with zero attached hydrogens (tertiary/aromatic N) is 3. The van der Waals surface area contributed by atoms with E-state index in [9.17, 15) is 4.79 Å². The number of carbonyl (C=O) groups excluding carboxylic acids is 1. The molecule has 1 aromatic heterocycles. The number of rotatable bonds is 8. The molecule has 0 aliphatic rings. The third-order valence-corrected chi connectivity index (χ3v) is 2.88. The number of likely N-dealkylation sites (N-methyl/N-ethyl adjacent to an activating group) is 1. The Bertz CT molecular complexity index is 421. The van der Waals surface area contributed by atoms with Gasteiger partial charge in [0, 0.05) is 25.4 Å². The van der Waals surface area contributed by atoms with Gasteiger partial charge in [-0.2, -0.15) is 4.98 Å². The third kappa shape index (κ3) is 4.68. The summed E-state index contributed by atoms with van der Waals surface area (Å²) in [7, 11) is 0. The summed E-state index contributed by atoms with van der Waals surface area (Å²) in [6.07, 6.45) is 2.54. The molecule has 1 N–H and O–H groups in total. The summed E-state index contributed by atoms with van der Waals surface area (Å²) < 4.78 is 5.44. The van der Waals surface area contributed by atoms with Gasteiger partial charge in [0.1, 0.15) is 6.04 Å². The predicted octanol–water partition coefficient (Wildman–Crippen LogP) is 1.93. The van der Waals surface area contributed by atoms with Crippen LogP contribution in [-0.4, -0.2) is 46.5 Å². The second kappa shape index (κ2) is 8.35. The average molecular weight is 280 g/mol. The number of ether oxygens (including phenoxy) is 1. The minimum atomic E-state index is -0.365. The molecule has 0 fully saturated rings. The van der Waals surface area contributed by atoms with Gasteiger partial charge in [-0.15, -0.1) is 0 Å². The second-order valence-corrected chi connectivity index (χ2v) is 4.44. The molecule has 0 aliphatic heterocycles. The second-order valence-electron chi connectivity index (χ2n) is 4.44. The predicted molar refractivity (Wildman–Crippen MR) is 78.8 cm³/mol. The fourth-order valence-corrected chi connectivity index (χ4v) is 1.76. The SMILES string of the molecule is CCCOc1ccnc(NC(C)C(=O)N(CC)CC)n1. The molecule has 0 aromatic carbocycles. The van der Waals surface area contributed by atoms with Gasteiger partial charge in [-0.05, 0) is 27.2 Å². The molecule has 1 unspecified atom stereocenters. The molecule has 1 amide bonds. The summed E-state index contributed by atoms with van der Waals surface area (Å²) in [5, 5.41) is 3.01. The number of hydrogen-bond donors (Lipinski definition) is 1. The summed E-state index contributed by atoms with van der Waals surface area (Å²) in [5.74, 6) is 0.969. The zero-order valence-electron chi connectivity index (χ0n) is 12.7. The Hall–Kier alpha value is -1.85. The van der Waals surface area contributed by atoms with Crippen molar-refractivity contribution in [2.24, 2.45) is 0 Å². The van der Waals surface area contributed by atoms with Gasteiger partial charge >= 0.3 is 0 Å². The zero-order chi connectivity index (χ0) is 15.0. The van der Waals surface area contributed by atoms with Crippen LogP contribution in [0.1, 0.15) is 34.1 Å². The summed E-state index contributed by atoms with van der Waals surface area (Å²) in [6, 6.07) is 1.34. The molecular formula is C14H24N4O2. The van der Waals surface area contributed by atoms with Crippen molar-refractivity contribution in [2.75, 3.05) is 25.0 Å². The van der Waals surface area contributed by atoms with E-state index in [4.69, 9.17) is 4.74 Å². The van der Waals surface area contributed by atoms with E-state index < -0.39 is 0 Å². The molecule has 20 heavy (non-hydrogen) atoms. The van der Waals surface area contributed by atoms with Gasteiger partial charge in [-0.1, -0.05) is 6.92 Å². The van der Waals surface area contributed by atoms with Crippen LogP contribution in [0.2, 0.25) is 0 Å². The molecule has 0 saturated carbocycles. The first-order chi connectivity index (χ1) is 9.62. The zero-order valence-corrected chi connectivity index (χ0v) is 12.7. The topological polar surface area (TPSA) is 67.3 Å². The van der Waals surface area contributed by atoms with Gasteiger partial charge in [0.2, 0.25) is 17.7 Å². The fraction of sp³-hybridized carbons (Fsp3) is 0.643. The first-order valence-electron chi connectivity index (χ1n) is 7.13. The molecule has 1 rings (SSSR count). The Balaban J connectivity index is 2.65. The van der Waals surface area contributed by atoms with E-state index in [0.717, 1.165) is 6.42 Å². The van der Waals surface area contributed by atoms with Crippen molar-refractivity contribution in [1.29, 1.82) is 0 Å². The highest BCUT2D eigenvalue weighted by molar-refractivity contribution is 5.83. The molecule has 0 bridgehead atoms. The van der Waals surface area contributed by atoms with E-state index in [-0.39, 0.29) is 11.9 Å². The molecule has 1 aromatic rings. The van der Waals surface area contributed by atoms with Crippen molar-refractivity contribution in [2.45, 2.75) is 40.2 Å². The lowest BCUT2D eigenvalue weighted by atomic mass is 10.3. The lowest BCUT2D eigenvalue weighted by molar-refractivity contribution is -0.131. The highest BCUT2D eigenvalue weighted by Gasteiger charge is 2.18. The molecule has 1 atom stereocenters. The largest absolute Gasteiger partial charge is 0.478 e. The first kappa shape index (κ1) is 16.2. The van der Waals surface area contributed by atoms with Gasteiger partial charge in [0.15, 0.2) is 0 Å². The van der Waals surface area contributed by atoms with Crippen LogP contribution >= 0.6 is 0 Å². The monoisotopic (exact) mass is 280 g/mol. The van der Waals surface area contributed by atoms with E-state index in [0.29, 0.717) is 31.5 Å². The number of aromatic nitrogens is 2. The van der Waals surface area contributed by atoms with Crippen molar-refractivity contribution in [1.82, 2.24) is 14.9 Å². The van der Waals surface area contributed by atoms with Gasteiger partial charge < -0.3 is 15.0 Å². The molecule has 0 aliphatic carbocycles. The normalized spacial score (nSPS) is 11.8. The van der Waals surface area contributed by atoms with Crippen LogP contribution < -0.4 is 10.1 Å². The summed E-state index contributed by atoms with van der Waals surface area (Å²) >= 11 is 0. The van der Waals surface area contributed by atoms with Crippen LogP contribution in [0.3, 0.4) is 0 Å². The minimum absolute atomic E-state index is 0.0403. The van der Waals surface area contributed by atoms with Crippen molar-refractivity contribution in [3.8, 4) is 5.88 Å². The number of carbonyl (C=O) groups is 1. The minimum Gasteiger partial charge on any atom is -0.478 e. The van der Waals surface area contributed by atoms with Crippen molar-refractivity contribution in [3.05, 3.63) is 12.3 Å². The van der Waals surface area contributed by atoms with E-state index in [1.54, 1.807) is 17.2 Å². The maximum atomic E-state index is 12.1. The van der Waals surface area contributed by atoms with Crippen molar-refractivity contribution >= 4 is 11.9 Å². The lowest BCUT2D eigenvalue weighted by Gasteiger charge is -2.23. The van der Waals surface area contributed by atoms with E-state index in [2.05, 4.69) is 15.3 Å². The van der Waals surface area contributed by atoms with E-state index in [1.807, 2.05) is 27.7 Å². The molecule has 6 heteroatoms. The molecule has 1 heterocycles. The highest BCUT2D eigenvalue weighted by atomic mass is 16.5. The standard InChI is InChI=1S/C14H24N4O2/c1-5-10-20-12-8-9-15-14(17-12)16-11(4)13(19)18(6-2)7-3/h8-9,11H,5-7,10H2,1-4H3,(H,15,16,17). The molecule has 0 radical (unpaired) electrons. The molecule has 112 valence electrons. The lowest BCUT2D eigenvalue weighted by Crippen LogP contribution is -2.41. The van der Waals surface area contributed by atoms with Crippen LogP contribution in [0.4, 0.5) is 5.95 Å². The molecule has 0 saturated heterocycles. The number of nitrogens with one attached hydrogen (secondary N) is 1.